The summed E-state index contributed by atoms with van der Waals surface area (Å²) >= 11 is 0. The first kappa shape index (κ1) is 13.9. The Morgan fingerprint density at radius 1 is 1.18 bits per heavy atom. The molecule has 17 heavy (non-hydrogen) atoms. The van der Waals surface area contributed by atoms with Crippen molar-refractivity contribution < 1.29 is 35.9 Å². The van der Waals surface area contributed by atoms with Gasteiger partial charge in [-0.3, -0.25) is 4.79 Å². The van der Waals surface area contributed by atoms with E-state index in [0.717, 1.165) is 0 Å². The first-order valence-corrected chi connectivity index (χ1v) is 4.62. The quantitative estimate of drug-likeness (QED) is 0.715. The van der Waals surface area contributed by atoms with Crippen LogP contribution in [0.25, 0.3) is 0 Å². The Hall–Kier alpha value is -1.21. The number of carbonyl (C=O) groups excluding carboxylic acids is 1. The molecule has 0 radical (unpaired) electrons. The molecule has 0 unspecified atom stereocenters. The lowest BCUT2D eigenvalue weighted by Gasteiger charge is -2.23. The van der Waals surface area contributed by atoms with Gasteiger partial charge in [-0.1, -0.05) is 0 Å². The zero-order chi connectivity index (χ0) is 13.3. The summed E-state index contributed by atoms with van der Waals surface area (Å²) in [4.78, 5) is 11.2. The number of alkyl halides is 6. The number of carbonyl (C=O) groups is 1. The summed E-state index contributed by atoms with van der Waals surface area (Å²) in [6, 6.07) is 0. The maximum absolute atomic E-state index is 12.2. The van der Waals surface area contributed by atoms with E-state index in [1.54, 1.807) is 0 Å². The third-order valence-electron chi connectivity index (χ3n) is 2.17. The fourth-order valence-corrected chi connectivity index (χ4v) is 1.41. The van der Waals surface area contributed by atoms with Crippen molar-refractivity contribution in [3.05, 3.63) is 11.8 Å². The predicted octanol–water partition coefficient (Wildman–Crippen LogP) is 2.99. The highest BCUT2D eigenvalue weighted by molar-refractivity contribution is 5.98. The highest BCUT2D eigenvalue weighted by Crippen LogP contribution is 2.41. The molecule has 0 aromatic heterocycles. The van der Waals surface area contributed by atoms with Crippen molar-refractivity contribution in [1.29, 1.82) is 0 Å². The molecule has 0 fully saturated rings. The van der Waals surface area contributed by atoms with Crippen LogP contribution in [-0.2, 0) is 9.53 Å². The van der Waals surface area contributed by atoms with E-state index < -0.39 is 29.6 Å². The van der Waals surface area contributed by atoms with E-state index in [9.17, 15) is 31.1 Å². The second-order valence-corrected chi connectivity index (χ2v) is 3.50. The largest absolute Gasteiger partial charge is 0.501 e. The summed E-state index contributed by atoms with van der Waals surface area (Å²) in [5.41, 5.74) is -0.573. The van der Waals surface area contributed by atoms with Gasteiger partial charge in [-0.25, -0.2) is 0 Å². The minimum Gasteiger partial charge on any atom is -0.501 e. The molecule has 0 N–H and O–H groups in total. The molecular weight excluding hydrogens is 254 g/mol. The van der Waals surface area contributed by atoms with Crippen LogP contribution in [0.4, 0.5) is 26.3 Å². The molecule has 0 aromatic rings. The van der Waals surface area contributed by atoms with E-state index in [1.807, 2.05) is 0 Å². The fraction of sp³-hybridized carbons (Fsp3) is 0.667. The lowest BCUT2D eigenvalue weighted by Crippen LogP contribution is -2.43. The summed E-state index contributed by atoms with van der Waals surface area (Å²) in [6.45, 7) is 0.180. The van der Waals surface area contributed by atoms with Crippen LogP contribution in [0.1, 0.15) is 12.8 Å². The number of hydrogen-bond donors (Lipinski definition) is 0. The smallest absolute Gasteiger partial charge is 0.407 e. The second-order valence-electron chi connectivity index (χ2n) is 3.50. The van der Waals surface area contributed by atoms with Crippen LogP contribution < -0.4 is 0 Å². The second kappa shape index (κ2) is 4.58. The minimum absolute atomic E-state index is 0.137. The van der Waals surface area contributed by atoms with Crippen LogP contribution in [0.2, 0.25) is 0 Å². The summed E-state index contributed by atoms with van der Waals surface area (Å²) in [7, 11) is 0. The number of rotatable bonds is 2. The molecule has 0 bridgehead atoms. The van der Waals surface area contributed by atoms with Crippen LogP contribution in [0, 0.1) is 5.92 Å². The van der Waals surface area contributed by atoms with Gasteiger partial charge < -0.3 is 4.74 Å². The van der Waals surface area contributed by atoms with E-state index in [2.05, 4.69) is 4.74 Å². The summed E-state index contributed by atoms with van der Waals surface area (Å²) in [6.07, 6.45) is -10.5. The zero-order valence-electron chi connectivity index (χ0n) is 8.36. The number of Topliss-reactive ketones (excluding diaryl/α,β-unsaturated/α-hetero) is 1. The Morgan fingerprint density at radius 2 is 1.71 bits per heavy atom. The minimum atomic E-state index is -5.65. The SMILES string of the molecule is O=C(C1=COCCC1)C(C(F)(F)F)C(F)(F)F. The summed E-state index contributed by atoms with van der Waals surface area (Å²) in [5, 5.41) is 0. The molecule has 0 aromatic carbocycles. The first-order valence-electron chi connectivity index (χ1n) is 4.62. The van der Waals surface area contributed by atoms with Crippen LogP contribution in [0.15, 0.2) is 11.8 Å². The van der Waals surface area contributed by atoms with Crippen molar-refractivity contribution in [3.8, 4) is 0 Å². The number of allylic oxidation sites excluding steroid dienone is 1. The number of ether oxygens (including phenoxy) is 1. The van der Waals surface area contributed by atoms with Crippen molar-refractivity contribution in [1.82, 2.24) is 0 Å². The molecule has 0 atom stereocenters. The molecule has 98 valence electrons. The predicted molar refractivity (Wildman–Crippen MR) is 43.9 cm³/mol. The molecule has 1 rings (SSSR count). The standard InChI is InChI=1S/C9H8F6O2/c10-8(11,12)7(9(13,14)15)6(16)5-2-1-3-17-4-5/h4,7H,1-3H2. The van der Waals surface area contributed by atoms with Gasteiger partial charge in [-0.2, -0.15) is 26.3 Å². The van der Waals surface area contributed by atoms with Gasteiger partial charge in [-0.05, 0) is 12.8 Å². The maximum atomic E-state index is 12.2. The Bertz CT molecular complexity index is 313. The third-order valence-corrected chi connectivity index (χ3v) is 2.17. The Morgan fingerprint density at radius 3 is 2.06 bits per heavy atom. The fourth-order valence-electron chi connectivity index (χ4n) is 1.41. The molecule has 1 aliphatic rings. The van der Waals surface area contributed by atoms with Crippen molar-refractivity contribution >= 4 is 5.78 Å². The number of hydrogen-bond acceptors (Lipinski definition) is 2. The monoisotopic (exact) mass is 262 g/mol. The van der Waals surface area contributed by atoms with Crippen molar-refractivity contribution in [3.63, 3.8) is 0 Å². The van der Waals surface area contributed by atoms with Crippen LogP contribution >= 0.6 is 0 Å². The van der Waals surface area contributed by atoms with Crippen molar-refractivity contribution in [2.24, 2.45) is 5.92 Å². The maximum Gasteiger partial charge on any atom is 0.407 e. The Labute approximate surface area is 92.2 Å². The Kier molecular flexibility index (Phi) is 3.73. The molecule has 1 aliphatic heterocycles. The van der Waals surface area contributed by atoms with Gasteiger partial charge in [0.05, 0.1) is 12.9 Å². The normalized spacial score (nSPS) is 17.7. The summed E-state index contributed by atoms with van der Waals surface area (Å²) < 4.78 is 77.8. The van der Waals surface area contributed by atoms with Crippen molar-refractivity contribution in [2.45, 2.75) is 25.2 Å². The summed E-state index contributed by atoms with van der Waals surface area (Å²) in [5.74, 6) is -5.95. The van der Waals surface area contributed by atoms with Gasteiger partial charge in [0.15, 0.2) is 5.78 Å². The lowest BCUT2D eigenvalue weighted by atomic mass is 9.94. The molecule has 0 saturated heterocycles. The van der Waals surface area contributed by atoms with Crippen molar-refractivity contribution in [2.75, 3.05) is 6.61 Å². The highest BCUT2D eigenvalue weighted by atomic mass is 19.4. The molecule has 8 heteroatoms. The molecule has 0 spiro atoms. The van der Waals surface area contributed by atoms with Gasteiger partial charge >= 0.3 is 12.4 Å². The van der Waals surface area contributed by atoms with Crippen LogP contribution in [0.5, 0.6) is 0 Å². The van der Waals surface area contributed by atoms with Gasteiger partial charge in [0.2, 0.25) is 5.92 Å². The molecule has 0 aliphatic carbocycles. The molecule has 2 nitrogen and oxygen atoms in total. The molecule has 0 amide bonds. The molecule has 1 heterocycles. The van der Waals surface area contributed by atoms with E-state index in [1.165, 1.54) is 0 Å². The average molecular weight is 262 g/mol. The lowest BCUT2D eigenvalue weighted by molar-refractivity contribution is -0.272. The molecule has 0 saturated carbocycles. The van der Waals surface area contributed by atoms with Crippen LogP contribution in [-0.4, -0.2) is 24.7 Å². The topological polar surface area (TPSA) is 26.3 Å². The number of ketones is 1. The Balaban J connectivity index is 2.99. The van der Waals surface area contributed by atoms with Gasteiger partial charge in [0, 0.05) is 5.57 Å². The van der Waals surface area contributed by atoms with E-state index in [0.29, 0.717) is 6.26 Å². The first-order chi connectivity index (χ1) is 7.64. The van der Waals surface area contributed by atoms with Gasteiger partial charge in [-0.15, -0.1) is 0 Å². The molecular formula is C9H8F6O2. The van der Waals surface area contributed by atoms with E-state index in [-0.39, 0.29) is 19.4 Å². The van der Waals surface area contributed by atoms with E-state index in [4.69, 9.17) is 0 Å². The third kappa shape index (κ3) is 3.37. The highest BCUT2D eigenvalue weighted by Gasteiger charge is 2.61. The van der Waals surface area contributed by atoms with Crippen LogP contribution in [0.3, 0.4) is 0 Å². The number of halogens is 6. The zero-order valence-corrected chi connectivity index (χ0v) is 8.36. The van der Waals surface area contributed by atoms with E-state index >= 15 is 0 Å². The van der Waals surface area contributed by atoms with Gasteiger partial charge in [0.25, 0.3) is 0 Å². The van der Waals surface area contributed by atoms with Gasteiger partial charge in [0.1, 0.15) is 0 Å². The average Bonchev–Trinajstić information content (AvgIpc) is 2.14.